The molecule has 0 saturated carbocycles. The van der Waals surface area contributed by atoms with E-state index in [1.807, 2.05) is 42.5 Å². The van der Waals surface area contributed by atoms with E-state index in [-0.39, 0.29) is 18.4 Å². The second-order valence-electron chi connectivity index (χ2n) is 6.00. The minimum atomic E-state index is -0.204. The zero-order chi connectivity index (χ0) is 18.2. The molecule has 0 unspecified atom stereocenters. The smallest absolute Gasteiger partial charge is 0.243 e. The van der Waals surface area contributed by atoms with Gasteiger partial charge in [0.1, 0.15) is 24.7 Å². The first-order chi connectivity index (χ1) is 12.7. The highest BCUT2D eigenvalue weighted by atomic mass is 16.5. The van der Waals surface area contributed by atoms with Crippen molar-refractivity contribution in [2.75, 3.05) is 31.6 Å². The average molecular weight is 354 g/mol. The second-order valence-corrected chi connectivity index (χ2v) is 6.00. The Morgan fingerprint density at radius 1 is 1.00 bits per heavy atom. The molecule has 26 heavy (non-hydrogen) atoms. The Kier molecular flexibility index (Phi) is 6.09. The molecule has 0 spiro atoms. The highest BCUT2D eigenvalue weighted by Gasteiger charge is 2.22. The van der Waals surface area contributed by atoms with Crippen LogP contribution in [0.2, 0.25) is 0 Å². The minimum Gasteiger partial charge on any atom is -0.490 e. The van der Waals surface area contributed by atoms with Crippen molar-refractivity contribution in [3.63, 3.8) is 0 Å². The lowest BCUT2D eigenvalue weighted by atomic mass is 10.3. The summed E-state index contributed by atoms with van der Waals surface area (Å²) in [5.41, 5.74) is 0.642. The maximum absolute atomic E-state index is 12.1. The van der Waals surface area contributed by atoms with Crippen LogP contribution in [0.4, 0.5) is 5.69 Å². The van der Waals surface area contributed by atoms with Gasteiger partial charge in [-0.25, -0.2) is 0 Å². The minimum absolute atomic E-state index is 0.0376. The van der Waals surface area contributed by atoms with Crippen LogP contribution in [0.15, 0.2) is 54.6 Å². The molecule has 0 atom stereocenters. The fourth-order valence-electron chi connectivity index (χ4n) is 2.74. The van der Waals surface area contributed by atoms with Crippen LogP contribution in [0.1, 0.15) is 12.8 Å². The summed E-state index contributed by atoms with van der Waals surface area (Å²) in [7, 11) is 0. The van der Waals surface area contributed by atoms with Crippen LogP contribution in [0.3, 0.4) is 0 Å². The van der Waals surface area contributed by atoms with E-state index >= 15 is 0 Å². The summed E-state index contributed by atoms with van der Waals surface area (Å²) in [5, 5.41) is 2.80. The largest absolute Gasteiger partial charge is 0.490 e. The predicted molar refractivity (Wildman–Crippen MR) is 98.3 cm³/mol. The quantitative estimate of drug-likeness (QED) is 0.740. The number of amides is 2. The van der Waals surface area contributed by atoms with Crippen molar-refractivity contribution in [2.24, 2.45) is 0 Å². The molecule has 2 aromatic rings. The van der Waals surface area contributed by atoms with Gasteiger partial charge in [0.25, 0.3) is 0 Å². The van der Waals surface area contributed by atoms with Gasteiger partial charge in [0.2, 0.25) is 11.8 Å². The zero-order valence-corrected chi connectivity index (χ0v) is 14.5. The number of hydrogen-bond donors (Lipinski definition) is 1. The van der Waals surface area contributed by atoms with E-state index in [0.717, 1.165) is 12.2 Å². The van der Waals surface area contributed by atoms with Gasteiger partial charge in [-0.3, -0.25) is 9.59 Å². The first kappa shape index (κ1) is 17.8. The SMILES string of the molecule is O=C(CN1CCCC1=O)Nc1cccc(OCCOc2ccccc2)c1. The lowest BCUT2D eigenvalue weighted by molar-refractivity contribution is -0.131. The Morgan fingerprint density at radius 3 is 2.46 bits per heavy atom. The second kappa shape index (κ2) is 8.89. The van der Waals surface area contributed by atoms with Gasteiger partial charge in [-0.05, 0) is 30.7 Å². The Bertz CT molecular complexity index is 748. The van der Waals surface area contributed by atoms with E-state index in [4.69, 9.17) is 9.47 Å². The number of ether oxygens (including phenoxy) is 2. The van der Waals surface area contributed by atoms with Crippen molar-refractivity contribution in [2.45, 2.75) is 12.8 Å². The fraction of sp³-hybridized carbons (Fsp3) is 0.300. The van der Waals surface area contributed by atoms with E-state index in [0.29, 0.717) is 37.6 Å². The van der Waals surface area contributed by atoms with Gasteiger partial charge in [-0.1, -0.05) is 24.3 Å². The molecule has 1 N–H and O–H groups in total. The molecule has 3 rings (SSSR count). The van der Waals surface area contributed by atoms with E-state index in [9.17, 15) is 9.59 Å². The molecular formula is C20H22N2O4. The predicted octanol–water partition coefficient (Wildman–Crippen LogP) is 2.71. The molecule has 2 aromatic carbocycles. The Balaban J connectivity index is 1.43. The number of carbonyl (C=O) groups excluding carboxylic acids is 2. The number of nitrogens with zero attached hydrogens (tertiary/aromatic N) is 1. The molecule has 1 saturated heterocycles. The lowest BCUT2D eigenvalue weighted by Gasteiger charge is -2.15. The van der Waals surface area contributed by atoms with Gasteiger partial charge in [0.15, 0.2) is 0 Å². The van der Waals surface area contributed by atoms with Crippen LogP contribution in [-0.4, -0.2) is 43.0 Å². The molecule has 1 aliphatic rings. The van der Waals surface area contributed by atoms with Gasteiger partial charge in [0, 0.05) is 24.7 Å². The standard InChI is InChI=1S/C20H22N2O4/c23-19(15-22-11-5-10-20(22)24)21-16-6-4-9-18(14-16)26-13-12-25-17-7-2-1-3-8-17/h1-4,6-9,14H,5,10-13,15H2,(H,21,23). The monoisotopic (exact) mass is 354 g/mol. The summed E-state index contributed by atoms with van der Waals surface area (Å²) in [6, 6.07) is 16.7. The highest BCUT2D eigenvalue weighted by molar-refractivity contribution is 5.95. The normalized spacial score (nSPS) is 13.5. The van der Waals surface area contributed by atoms with Crippen molar-refractivity contribution >= 4 is 17.5 Å². The molecular weight excluding hydrogens is 332 g/mol. The number of carbonyl (C=O) groups is 2. The number of likely N-dealkylation sites (tertiary alicyclic amines) is 1. The Labute approximate surface area is 152 Å². The summed E-state index contributed by atoms with van der Waals surface area (Å²) in [6.45, 7) is 1.57. The lowest BCUT2D eigenvalue weighted by Crippen LogP contribution is -2.33. The molecule has 136 valence electrons. The van der Waals surface area contributed by atoms with Gasteiger partial charge in [-0.2, -0.15) is 0 Å². The molecule has 6 heteroatoms. The van der Waals surface area contributed by atoms with Crippen LogP contribution in [0.5, 0.6) is 11.5 Å². The molecule has 1 heterocycles. The van der Waals surface area contributed by atoms with Crippen molar-refractivity contribution in [3.05, 3.63) is 54.6 Å². The van der Waals surface area contributed by atoms with Crippen LogP contribution in [-0.2, 0) is 9.59 Å². The highest BCUT2D eigenvalue weighted by Crippen LogP contribution is 2.18. The van der Waals surface area contributed by atoms with Gasteiger partial charge in [0.05, 0.1) is 6.54 Å². The topological polar surface area (TPSA) is 67.9 Å². The molecule has 1 fully saturated rings. The van der Waals surface area contributed by atoms with Crippen molar-refractivity contribution in [1.29, 1.82) is 0 Å². The fourth-order valence-corrected chi connectivity index (χ4v) is 2.74. The van der Waals surface area contributed by atoms with Crippen LogP contribution in [0.25, 0.3) is 0 Å². The summed E-state index contributed by atoms with van der Waals surface area (Å²) in [5.74, 6) is 1.28. The molecule has 0 radical (unpaired) electrons. The molecule has 0 aliphatic carbocycles. The molecule has 1 aliphatic heterocycles. The molecule has 2 amide bonds. The first-order valence-corrected chi connectivity index (χ1v) is 8.69. The molecule has 6 nitrogen and oxygen atoms in total. The first-order valence-electron chi connectivity index (χ1n) is 8.69. The van der Waals surface area contributed by atoms with Crippen LogP contribution in [0, 0.1) is 0 Å². The third-order valence-electron chi connectivity index (χ3n) is 3.99. The summed E-state index contributed by atoms with van der Waals surface area (Å²) < 4.78 is 11.2. The maximum atomic E-state index is 12.1. The molecule has 0 bridgehead atoms. The van der Waals surface area contributed by atoms with Crippen LogP contribution >= 0.6 is 0 Å². The summed E-state index contributed by atoms with van der Waals surface area (Å²) in [4.78, 5) is 25.2. The van der Waals surface area contributed by atoms with Crippen molar-refractivity contribution < 1.29 is 19.1 Å². The number of hydrogen-bond acceptors (Lipinski definition) is 4. The maximum Gasteiger partial charge on any atom is 0.243 e. The Hall–Kier alpha value is -3.02. The third kappa shape index (κ3) is 5.24. The van der Waals surface area contributed by atoms with E-state index < -0.39 is 0 Å². The number of benzene rings is 2. The van der Waals surface area contributed by atoms with Crippen molar-refractivity contribution in [3.8, 4) is 11.5 Å². The van der Waals surface area contributed by atoms with E-state index in [1.165, 1.54) is 0 Å². The van der Waals surface area contributed by atoms with E-state index in [2.05, 4.69) is 5.32 Å². The zero-order valence-electron chi connectivity index (χ0n) is 14.5. The average Bonchev–Trinajstić information content (AvgIpc) is 3.04. The number of rotatable bonds is 8. The van der Waals surface area contributed by atoms with Gasteiger partial charge < -0.3 is 19.7 Å². The third-order valence-corrected chi connectivity index (χ3v) is 3.99. The summed E-state index contributed by atoms with van der Waals surface area (Å²) in [6.07, 6.45) is 1.35. The van der Waals surface area contributed by atoms with E-state index in [1.54, 1.807) is 17.0 Å². The Morgan fingerprint density at radius 2 is 1.73 bits per heavy atom. The summed E-state index contributed by atoms with van der Waals surface area (Å²) >= 11 is 0. The number of anilines is 1. The van der Waals surface area contributed by atoms with Gasteiger partial charge in [-0.15, -0.1) is 0 Å². The van der Waals surface area contributed by atoms with Gasteiger partial charge >= 0.3 is 0 Å². The van der Waals surface area contributed by atoms with Crippen molar-refractivity contribution in [1.82, 2.24) is 4.90 Å². The molecule has 0 aromatic heterocycles. The number of para-hydroxylation sites is 1. The number of nitrogens with one attached hydrogen (secondary N) is 1. The van der Waals surface area contributed by atoms with Crippen LogP contribution < -0.4 is 14.8 Å².